The molecule has 0 fully saturated rings. The molecule has 1 amide bonds. The van der Waals surface area contributed by atoms with Crippen molar-refractivity contribution in [2.75, 3.05) is 20.1 Å². The van der Waals surface area contributed by atoms with Gasteiger partial charge < -0.3 is 10.2 Å². The SMILES string of the molecule is CN1CCCc2nc(cc3cnn(C)c23)CC(=O)N[C@@H](c2ccccc2)C1. The molecule has 2 bridgehead atoms. The second-order valence-corrected chi connectivity index (χ2v) is 7.34. The van der Waals surface area contributed by atoms with Crippen LogP contribution in [0.1, 0.15) is 29.4 Å². The number of rotatable bonds is 1. The van der Waals surface area contributed by atoms with Crippen LogP contribution in [0.2, 0.25) is 0 Å². The van der Waals surface area contributed by atoms with Crippen LogP contribution >= 0.6 is 0 Å². The average molecular weight is 363 g/mol. The lowest BCUT2D eigenvalue weighted by molar-refractivity contribution is -0.121. The van der Waals surface area contributed by atoms with Crippen molar-refractivity contribution in [3.63, 3.8) is 0 Å². The molecule has 4 rings (SSSR count). The number of likely N-dealkylation sites (N-methyl/N-ethyl adjacent to an activating group) is 1. The van der Waals surface area contributed by atoms with E-state index in [-0.39, 0.29) is 18.4 Å². The maximum absolute atomic E-state index is 12.7. The number of benzene rings is 1. The molecule has 0 saturated heterocycles. The second-order valence-electron chi connectivity index (χ2n) is 7.34. The van der Waals surface area contributed by atoms with Gasteiger partial charge in [-0.05, 0) is 38.1 Å². The number of nitrogens with zero attached hydrogens (tertiary/aromatic N) is 4. The highest BCUT2D eigenvalue weighted by Crippen LogP contribution is 2.21. The minimum atomic E-state index is -0.0234. The van der Waals surface area contributed by atoms with E-state index in [9.17, 15) is 4.79 Å². The Morgan fingerprint density at radius 3 is 2.81 bits per heavy atom. The molecule has 27 heavy (non-hydrogen) atoms. The zero-order valence-corrected chi connectivity index (χ0v) is 15.9. The van der Waals surface area contributed by atoms with Crippen molar-refractivity contribution in [3.05, 3.63) is 59.5 Å². The number of nitrogens with one attached hydrogen (secondary N) is 1. The quantitative estimate of drug-likeness (QED) is 0.720. The summed E-state index contributed by atoms with van der Waals surface area (Å²) in [7, 11) is 4.05. The number of aryl methyl sites for hydroxylation is 2. The van der Waals surface area contributed by atoms with Gasteiger partial charge in [0.05, 0.1) is 35.6 Å². The lowest BCUT2D eigenvalue weighted by atomic mass is 10.0. The van der Waals surface area contributed by atoms with Crippen molar-refractivity contribution in [1.29, 1.82) is 0 Å². The Balaban J connectivity index is 1.67. The van der Waals surface area contributed by atoms with E-state index in [4.69, 9.17) is 4.98 Å². The molecule has 3 aromatic rings. The van der Waals surface area contributed by atoms with Gasteiger partial charge in [0.15, 0.2) is 0 Å². The number of fused-ring (bicyclic) bond motifs is 4. The van der Waals surface area contributed by atoms with Gasteiger partial charge in [0.2, 0.25) is 5.91 Å². The van der Waals surface area contributed by atoms with Gasteiger partial charge in [0, 0.05) is 19.0 Å². The Bertz CT molecular complexity index is 950. The summed E-state index contributed by atoms with van der Waals surface area (Å²) in [6.45, 7) is 1.74. The molecule has 3 heterocycles. The summed E-state index contributed by atoms with van der Waals surface area (Å²) in [5, 5.41) is 8.62. The van der Waals surface area contributed by atoms with Crippen LogP contribution in [0.5, 0.6) is 0 Å². The molecule has 1 atom stereocenters. The number of pyridine rings is 1. The van der Waals surface area contributed by atoms with Crippen molar-refractivity contribution in [2.45, 2.75) is 25.3 Å². The zero-order valence-electron chi connectivity index (χ0n) is 15.9. The van der Waals surface area contributed by atoms with E-state index >= 15 is 0 Å². The number of hydrogen-bond donors (Lipinski definition) is 1. The molecule has 1 N–H and O–H groups in total. The average Bonchev–Trinajstić information content (AvgIpc) is 3.02. The molecule has 0 radical (unpaired) electrons. The molecule has 2 aromatic heterocycles. The Kier molecular flexibility index (Phi) is 4.90. The maximum Gasteiger partial charge on any atom is 0.226 e. The zero-order chi connectivity index (χ0) is 18.8. The summed E-state index contributed by atoms with van der Waals surface area (Å²) < 4.78 is 1.88. The van der Waals surface area contributed by atoms with E-state index < -0.39 is 0 Å². The van der Waals surface area contributed by atoms with E-state index in [2.05, 4.69) is 34.5 Å². The normalized spacial score (nSPS) is 19.3. The van der Waals surface area contributed by atoms with E-state index in [1.807, 2.05) is 42.2 Å². The lowest BCUT2D eigenvalue weighted by Crippen LogP contribution is -2.38. The minimum absolute atomic E-state index is 0.000447. The third-order valence-electron chi connectivity index (χ3n) is 5.17. The van der Waals surface area contributed by atoms with Crippen LogP contribution in [-0.4, -0.2) is 45.7 Å². The molecule has 1 aliphatic rings. The molecule has 6 nitrogen and oxygen atoms in total. The van der Waals surface area contributed by atoms with Crippen LogP contribution in [-0.2, 0) is 24.7 Å². The standard InChI is InChI=1S/C21H25N5O/c1-25-10-6-9-18-21-16(13-22-26(21)2)11-17(23-18)12-20(27)24-19(14-25)15-7-4-3-5-8-15/h3-5,7-8,11,13,19H,6,9-10,12,14H2,1-2H3,(H,24,27)/t19-/m1/s1. The molecule has 0 spiro atoms. The van der Waals surface area contributed by atoms with Crippen molar-refractivity contribution in [2.24, 2.45) is 7.05 Å². The second kappa shape index (κ2) is 7.48. The summed E-state index contributed by atoms with van der Waals surface area (Å²) in [4.78, 5) is 19.8. The van der Waals surface area contributed by atoms with Crippen LogP contribution in [0.25, 0.3) is 10.9 Å². The number of carbonyl (C=O) groups is 1. The molecule has 140 valence electrons. The summed E-state index contributed by atoms with van der Waals surface area (Å²) in [5.74, 6) is -0.000447. The van der Waals surface area contributed by atoms with Crippen LogP contribution in [0.4, 0.5) is 0 Å². The van der Waals surface area contributed by atoms with Gasteiger partial charge in [-0.25, -0.2) is 0 Å². The fourth-order valence-corrected chi connectivity index (χ4v) is 3.87. The number of hydrogen-bond acceptors (Lipinski definition) is 4. The van der Waals surface area contributed by atoms with Gasteiger partial charge in [0.25, 0.3) is 0 Å². The predicted octanol–water partition coefficient (Wildman–Crippen LogP) is 2.25. The summed E-state index contributed by atoms with van der Waals surface area (Å²) in [6, 6.07) is 12.1. The van der Waals surface area contributed by atoms with Gasteiger partial charge >= 0.3 is 0 Å². The van der Waals surface area contributed by atoms with Crippen molar-refractivity contribution in [1.82, 2.24) is 25.0 Å². The van der Waals surface area contributed by atoms with Crippen molar-refractivity contribution < 1.29 is 4.79 Å². The van der Waals surface area contributed by atoms with Gasteiger partial charge in [-0.3, -0.25) is 14.5 Å². The van der Waals surface area contributed by atoms with Gasteiger partial charge in [-0.2, -0.15) is 5.10 Å². The first-order valence-corrected chi connectivity index (χ1v) is 9.43. The molecule has 0 unspecified atom stereocenters. The van der Waals surface area contributed by atoms with Crippen LogP contribution in [0.3, 0.4) is 0 Å². The Morgan fingerprint density at radius 2 is 2.00 bits per heavy atom. The van der Waals surface area contributed by atoms with Crippen molar-refractivity contribution >= 4 is 16.8 Å². The topological polar surface area (TPSA) is 63.1 Å². The third-order valence-corrected chi connectivity index (χ3v) is 5.17. The van der Waals surface area contributed by atoms with Crippen LogP contribution in [0, 0.1) is 0 Å². The molecule has 6 heteroatoms. The Labute approximate surface area is 159 Å². The first-order valence-electron chi connectivity index (χ1n) is 9.43. The highest BCUT2D eigenvalue weighted by molar-refractivity contribution is 5.84. The molecule has 1 aromatic carbocycles. The summed E-state index contributed by atoms with van der Waals surface area (Å²) in [5.41, 5.74) is 4.04. The molecular weight excluding hydrogens is 338 g/mol. The summed E-state index contributed by atoms with van der Waals surface area (Å²) in [6.07, 6.45) is 4.03. The largest absolute Gasteiger partial charge is 0.348 e. The Morgan fingerprint density at radius 1 is 1.19 bits per heavy atom. The number of aromatic nitrogens is 3. The van der Waals surface area contributed by atoms with E-state index in [0.717, 1.165) is 53.8 Å². The molecule has 0 aliphatic carbocycles. The fraction of sp³-hybridized carbons (Fsp3) is 0.381. The first kappa shape index (κ1) is 17.7. The van der Waals surface area contributed by atoms with E-state index in [1.165, 1.54) is 0 Å². The predicted molar refractivity (Wildman–Crippen MR) is 105 cm³/mol. The molecule has 1 aliphatic heterocycles. The molecule has 0 saturated carbocycles. The fourth-order valence-electron chi connectivity index (χ4n) is 3.87. The summed E-state index contributed by atoms with van der Waals surface area (Å²) >= 11 is 0. The number of carbonyl (C=O) groups excluding carboxylic acids is 1. The van der Waals surface area contributed by atoms with Crippen LogP contribution < -0.4 is 5.32 Å². The highest BCUT2D eigenvalue weighted by atomic mass is 16.1. The minimum Gasteiger partial charge on any atom is -0.348 e. The van der Waals surface area contributed by atoms with Gasteiger partial charge in [-0.15, -0.1) is 0 Å². The van der Waals surface area contributed by atoms with E-state index in [0.29, 0.717) is 0 Å². The smallest absolute Gasteiger partial charge is 0.226 e. The Hall–Kier alpha value is -2.73. The first-order chi connectivity index (χ1) is 13.1. The van der Waals surface area contributed by atoms with E-state index in [1.54, 1.807) is 0 Å². The van der Waals surface area contributed by atoms with Gasteiger partial charge in [0.1, 0.15) is 0 Å². The lowest BCUT2D eigenvalue weighted by Gasteiger charge is -2.26. The number of amides is 1. The highest BCUT2D eigenvalue weighted by Gasteiger charge is 2.19. The van der Waals surface area contributed by atoms with Crippen LogP contribution in [0.15, 0.2) is 42.6 Å². The maximum atomic E-state index is 12.7. The monoisotopic (exact) mass is 363 g/mol. The third kappa shape index (κ3) is 3.85. The molecular formula is C21H25N5O. The van der Waals surface area contributed by atoms with Gasteiger partial charge in [-0.1, -0.05) is 30.3 Å². The van der Waals surface area contributed by atoms with Crippen molar-refractivity contribution in [3.8, 4) is 0 Å².